The molecular weight excluding hydrogens is 194 g/mol. The van der Waals surface area contributed by atoms with E-state index in [4.69, 9.17) is 0 Å². The van der Waals surface area contributed by atoms with Crippen molar-refractivity contribution in [3.05, 3.63) is 12.2 Å². The van der Waals surface area contributed by atoms with Gasteiger partial charge in [0.05, 0.1) is 0 Å². The first-order chi connectivity index (χ1) is 7.09. The van der Waals surface area contributed by atoms with Gasteiger partial charge in [-0.3, -0.25) is 4.90 Å². The molecule has 0 saturated carbocycles. The Morgan fingerprint density at radius 1 is 1.06 bits per heavy atom. The van der Waals surface area contributed by atoms with Crippen molar-refractivity contribution in [3.63, 3.8) is 0 Å². The third-order valence-corrected chi connectivity index (χ3v) is 3.17. The topological polar surface area (TPSA) is 3.24 Å². The van der Waals surface area contributed by atoms with Crippen molar-refractivity contribution < 1.29 is 0 Å². The lowest BCUT2D eigenvalue weighted by atomic mass is 9.86. The molecule has 0 rings (SSSR count). The van der Waals surface area contributed by atoms with E-state index in [1.54, 1.807) is 0 Å². The molecule has 0 aliphatic carbocycles. The van der Waals surface area contributed by atoms with Gasteiger partial charge >= 0.3 is 0 Å². The number of unbranched alkanes of at least 4 members (excludes halogenated alkanes) is 1. The van der Waals surface area contributed by atoms with Crippen LogP contribution in [0.2, 0.25) is 0 Å². The van der Waals surface area contributed by atoms with Gasteiger partial charge in [-0.2, -0.15) is 0 Å². The zero-order chi connectivity index (χ0) is 13.0. The van der Waals surface area contributed by atoms with Gasteiger partial charge in [-0.25, -0.2) is 0 Å². The third kappa shape index (κ3) is 5.69. The molecule has 96 valence electrons. The Morgan fingerprint density at radius 3 is 1.88 bits per heavy atom. The molecule has 16 heavy (non-hydrogen) atoms. The molecule has 1 heteroatoms. The van der Waals surface area contributed by atoms with Gasteiger partial charge in [-0.1, -0.05) is 46.3 Å². The minimum absolute atomic E-state index is 0.218. The Labute approximate surface area is 103 Å². The van der Waals surface area contributed by atoms with Gasteiger partial charge in [0.25, 0.3) is 0 Å². The number of hydrogen-bond donors (Lipinski definition) is 0. The molecule has 0 aliphatic rings. The molecule has 0 unspecified atom stereocenters. The van der Waals surface area contributed by atoms with Gasteiger partial charge in [0.2, 0.25) is 0 Å². The first-order valence-electron chi connectivity index (χ1n) is 6.52. The summed E-state index contributed by atoms with van der Waals surface area (Å²) in [6.07, 6.45) is 2.53. The normalized spacial score (nSPS) is 13.2. The fourth-order valence-electron chi connectivity index (χ4n) is 1.47. The molecule has 0 atom stereocenters. The molecule has 0 aromatic carbocycles. The molecule has 0 radical (unpaired) electrons. The van der Waals surface area contributed by atoms with Crippen molar-refractivity contribution in [2.45, 2.75) is 66.8 Å². The fraction of sp³-hybridized carbons (Fsp3) is 0.867. The highest BCUT2D eigenvalue weighted by Crippen LogP contribution is 2.26. The summed E-state index contributed by atoms with van der Waals surface area (Å²) in [5.41, 5.74) is 1.79. The van der Waals surface area contributed by atoms with Gasteiger partial charge in [0, 0.05) is 12.1 Å². The monoisotopic (exact) mass is 225 g/mol. The summed E-state index contributed by atoms with van der Waals surface area (Å²) in [6, 6.07) is 0. The zero-order valence-electron chi connectivity index (χ0n) is 12.5. The summed E-state index contributed by atoms with van der Waals surface area (Å²) in [5, 5.41) is 0. The maximum absolute atomic E-state index is 4.25. The smallest absolute Gasteiger partial charge is 0.0200 e. The van der Waals surface area contributed by atoms with Crippen LogP contribution in [-0.4, -0.2) is 23.5 Å². The van der Waals surface area contributed by atoms with Crippen LogP contribution in [0.5, 0.6) is 0 Å². The molecule has 0 aromatic heterocycles. The van der Waals surface area contributed by atoms with Crippen LogP contribution in [0.15, 0.2) is 12.2 Å². The van der Waals surface area contributed by atoms with E-state index in [-0.39, 0.29) is 11.0 Å². The Morgan fingerprint density at radius 2 is 1.56 bits per heavy atom. The maximum Gasteiger partial charge on any atom is 0.0200 e. The molecule has 0 saturated heterocycles. The van der Waals surface area contributed by atoms with E-state index < -0.39 is 0 Å². The fourth-order valence-corrected chi connectivity index (χ4v) is 1.47. The lowest BCUT2D eigenvalue weighted by Gasteiger charge is -2.38. The highest BCUT2D eigenvalue weighted by Gasteiger charge is 2.24. The second-order valence-corrected chi connectivity index (χ2v) is 6.80. The van der Waals surface area contributed by atoms with Crippen molar-refractivity contribution in [2.75, 3.05) is 13.1 Å². The van der Waals surface area contributed by atoms with Gasteiger partial charge in [0.1, 0.15) is 0 Å². The lowest BCUT2D eigenvalue weighted by molar-refractivity contribution is 0.141. The summed E-state index contributed by atoms with van der Waals surface area (Å²) in [7, 11) is 0. The summed E-state index contributed by atoms with van der Waals surface area (Å²) < 4.78 is 0. The van der Waals surface area contributed by atoms with E-state index in [9.17, 15) is 0 Å². The molecular formula is C15H31N. The average molecular weight is 225 g/mol. The van der Waals surface area contributed by atoms with Crippen LogP contribution >= 0.6 is 0 Å². The van der Waals surface area contributed by atoms with Gasteiger partial charge in [0.15, 0.2) is 0 Å². The standard InChI is InChI=1S/C15H31N/c1-9-10-11-16(15(6,7)8)12-13(2)14(3,4)5/h2,9-12H2,1,3-8H3. The molecule has 0 fully saturated rings. The van der Waals surface area contributed by atoms with E-state index in [1.807, 2.05) is 0 Å². The van der Waals surface area contributed by atoms with E-state index in [2.05, 4.69) is 59.9 Å². The number of hydrogen-bond acceptors (Lipinski definition) is 1. The second-order valence-electron chi connectivity index (χ2n) is 6.80. The molecule has 0 bridgehead atoms. The van der Waals surface area contributed by atoms with Crippen molar-refractivity contribution in [2.24, 2.45) is 5.41 Å². The first-order valence-corrected chi connectivity index (χ1v) is 6.52. The zero-order valence-corrected chi connectivity index (χ0v) is 12.5. The van der Waals surface area contributed by atoms with Crippen LogP contribution in [-0.2, 0) is 0 Å². The number of nitrogens with zero attached hydrogens (tertiary/aromatic N) is 1. The highest BCUT2D eigenvalue weighted by atomic mass is 15.2. The highest BCUT2D eigenvalue weighted by molar-refractivity contribution is 5.08. The SMILES string of the molecule is C=C(CN(CCCC)C(C)(C)C)C(C)(C)C. The average Bonchev–Trinajstić information content (AvgIpc) is 2.08. The van der Waals surface area contributed by atoms with Crippen molar-refractivity contribution >= 4 is 0 Å². The van der Waals surface area contributed by atoms with Crippen LogP contribution < -0.4 is 0 Å². The molecule has 0 aliphatic heterocycles. The first kappa shape index (κ1) is 15.7. The molecule has 0 N–H and O–H groups in total. The summed E-state index contributed by atoms with van der Waals surface area (Å²) in [5.74, 6) is 0. The van der Waals surface area contributed by atoms with Crippen molar-refractivity contribution in [1.82, 2.24) is 4.90 Å². The Bertz CT molecular complexity index is 215. The van der Waals surface area contributed by atoms with Crippen LogP contribution in [0.1, 0.15) is 61.3 Å². The molecule has 0 aromatic rings. The van der Waals surface area contributed by atoms with E-state index in [1.165, 1.54) is 25.0 Å². The predicted octanol–water partition coefficient (Wildman–Crippen LogP) is 4.49. The van der Waals surface area contributed by atoms with Crippen LogP contribution in [0, 0.1) is 5.41 Å². The summed E-state index contributed by atoms with van der Waals surface area (Å²) in [6.45, 7) is 22.3. The minimum atomic E-state index is 0.218. The predicted molar refractivity (Wildman–Crippen MR) is 74.8 cm³/mol. The van der Waals surface area contributed by atoms with E-state index in [0.717, 1.165) is 6.54 Å². The Balaban J connectivity index is 4.50. The van der Waals surface area contributed by atoms with Crippen LogP contribution in [0.25, 0.3) is 0 Å². The second kappa shape index (κ2) is 5.86. The summed E-state index contributed by atoms with van der Waals surface area (Å²) >= 11 is 0. The maximum atomic E-state index is 4.25. The van der Waals surface area contributed by atoms with Gasteiger partial charge < -0.3 is 0 Å². The minimum Gasteiger partial charge on any atom is -0.295 e. The van der Waals surface area contributed by atoms with E-state index in [0.29, 0.717) is 0 Å². The Hall–Kier alpha value is -0.300. The van der Waals surface area contributed by atoms with Crippen LogP contribution in [0.3, 0.4) is 0 Å². The Kier molecular flexibility index (Phi) is 5.75. The summed E-state index contributed by atoms with van der Waals surface area (Å²) in [4.78, 5) is 2.55. The lowest BCUT2D eigenvalue weighted by Crippen LogP contribution is -2.44. The van der Waals surface area contributed by atoms with Crippen LogP contribution in [0.4, 0.5) is 0 Å². The largest absolute Gasteiger partial charge is 0.295 e. The molecule has 0 heterocycles. The molecule has 0 amide bonds. The molecule has 0 spiro atoms. The molecule has 1 nitrogen and oxygen atoms in total. The van der Waals surface area contributed by atoms with Crippen molar-refractivity contribution in [3.8, 4) is 0 Å². The van der Waals surface area contributed by atoms with E-state index >= 15 is 0 Å². The third-order valence-electron chi connectivity index (χ3n) is 3.17. The van der Waals surface area contributed by atoms with Gasteiger partial charge in [-0.15, -0.1) is 0 Å². The quantitative estimate of drug-likeness (QED) is 0.623. The van der Waals surface area contributed by atoms with Crippen molar-refractivity contribution in [1.29, 1.82) is 0 Å². The number of rotatable bonds is 5. The van der Waals surface area contributed by atoms with Gasteiger partial charge in [-0.05, 0) is 39.2 Å².